The van der Waals surface area contributed by atoms with Crippen molar-refractivity contribution in [2.45, 2.75) is 64.3 Å². The average molecular weight is 403 g/mol. The van der Waals surface area contributed by atoms with Crippen LogP contribution in [0.5, 0.6) is 5.75 Å². The van der Waals surface area contributed by atoms with Crippen LogP contribution in [-0.2, 0) is 30.4 Å². The van der Waals surface area contributed by atoms with Crippen molar-refractivity contribution >= 4 is 17.7 Å². The second-order valence-corrected chi connectivity index (χ2v) is 8.08. The highest BCUT2D eigenvalue weighted by Gasteiger charge is 2.62. The number of Topliss-reactive ketones (excluding diaryl/α,β-unsaturated/α-hetero) is 1. The van der Waals surface area contributed by atoms with E-state index in [2.05, 4.69) is 4.90 Å². The topological polar surface area (TPSA) is 82.1 Å². The minimum absolute atomic E-state index is 0.0533. The molecule has 2 aliphatic heterocycles. The number of fused-ring (bicyclic) bond motifs is 2. The van der Waals surface area contributed by atoms with Crippen molar-refractivity contribution in [1.82, 2.24) is 4.90 Å². The molecule has 2 saturated heterocycles. The van der Waals surface area contributed by atoms with Gasteiger partial charge in [0.25, 0.3) is 0 Å². The molecule has 3 rings (SSSR count). The second-order valence-electron chi connectivity index (χ2n) is 8.08. The Hall–Kier alpha value is -2.41. The van der Waals surface area contributed by atoms with Gasteiger partial charge in [-0.3, -0.25) is 19.3 Å². The molecule has 0 amide bonds. The molecule has 0 radical (unpaired) electrons. The number of ether oxygens (including phenoxy) is 3. The maximum atomic E-state index is 13.1. The molecule has 0 N–H and O–H groups in total. The van der Waals surface area contributed by atoms with Crippen LogP contribution in [0.2, 0.25) is 0 Å². The zero-order valence-corrected chi connectivity index (χ0v) is 17.5. The number of nitrogens with zero attached hydrogens (tertiary/aromatic N) is 1. The first kappa shape index (κ1) is 21.3. The highest BCUT2D eigenvalue weighted by atomic mass is 16.5. The van der Waals surface area contributed by atoms with Gasteiger partial charge in [-0.15, -0.1) is 0 Å². The molecule has 0 unspecified atom stereocenters. The summed E-state index contributed by atoms with van der Waals surface area (Å²) in [7, 11) is 2.88. The van der Waals surface area contributed by atoms with E-state index in [0.717, 1.165) is 17.7 Å². The highest BCUT2D eigenvalue weighted by molar-refractivity contribution is 6.08. The molecular weight excluding hydrogens is 374 g/mol. The summed E-state index contributed by atoms with van der Waals surface area (Å²) >= 11 is 0. The summed E-state index contributed by atoms with van der Waals surface area (Å²) in [5.74, 6) is -0.670. The molecule has 2 heterocycles. The summed E-state index contributed by atoms with van der Waals surface area (Å²) in [6, 6.07) is 7.38. The molecule has 1 aromatic carbocycles. The number of benzene rings is 1. The van der Waals surface area contributed by atoms with Crippen LogP contribution < -0.4 is 4.74 Å². The Morgan fingerprint density at radius 1 is 1.24 bits per heavy atom. The molecule has 1 aromatic rings. The molecule has 7 nitrogen and oxygen atoms in total. The van der Waals surface area contributed by atoms with Crippen molar-refractivity contribution in [3.8, 4) is 5.75 Å². The lowest BCUT2D eigenvalue weighted by Gasteiger charge is -2.45. The summed E-state index contributed by atoms with van der Waals surface area (Å²) < 4.78 is 15.6. The number of carbonyl (C=O) groups is 3. The molecule has 3 atom stereocenters. The van der Waals surface area contributed by atoms with Crippen LogP contribution in [0.4, 0.5) is 0 Å². The SMILES string of the molecule is COC(=O)[C@@]1(CC(=O)OC(C)C)C(=O)C[C@H]2CC[C@H]1N2Cc1cccc(OC)c1. The fourth-order valence-electron chi connectivity index (χ4n) is 4.74. The van der Waals surface area contributed by atoms with E-state index in [0.29, 0.717) is 13.0 Å². The van der Waals surface area contributed by atoms with Gasteiger partial charge in [0.05, 0.1) is 26.7 Å². The summed E-state index contributed by atoms with van der Waals surface area (Å²) in [5.41, 5.74) is -0.494. The van der Waals surface area contributed by atoms with Crippen molar-refractivity contribution in [3.63, 3.8) is 0 Å². The zero-order valence-electron chi connectivity index (χ0n) is 17.5. The lowest BCUT2D eigenvalue weighted by Crippen LogP contribution is -2.61. The molecule has 0 saturated carbocycles. The van der Waals surface area contributed by atoms with Crippen molar-refractivity contribution in [2.24, 2.45) is 5.41 Å². The third-order valence-electron chi connectivity index (χ3n) is 5.97. The summed E-state index contributed by atoms with van der Waals surface area (Å²) in [6.45, 7) is 4.05. The van der Waals surface area contributed by atoms with E-state index in [4.69, 9.17) is 14.2 Å². The Kier molecular flexibility index (Phi) is 6.27. The van der Waals surface area contributed by atoms with Crippen LogP contribution >= 0.6 is 0 Å². The Balaban J connectivity index is 1.93. The smallest absolute Gasteiger partial charge is 0.321 e. The minimum atomic E-state index is -1.52. The quantitative estimate of drug-likeness (QED) is 0.511. The van der Waals surface area contributed by atoms with Crippen LogP contribution in [0.1, 0.15) is 45.1 Å². The van der Waals surface area contributed by atoms with Crippen LogP contribution in [0.15, 0.2) is 24.3 Å². The Labute approximate surface area is 171 Å². The van der Waals surface area contributed by atoms with Gasteiger partial charge in [-0.25, -0.2) is 0 Å². The van der Waals surface area contributed by atoms with E-state index in [-0.39, 0.29) is 30.8 Å². The highest BCUT2D eigenvalue weighted by Crippen LogP contribution is 2.48. The van der Waals surface area contributed by atoms with Gasteiger partial charge in [-0.2, -0.15) is 0 Å². The number of esters is 2. The molecular formula is C22H29NO6. The first-order valence-electron chi connectivity index (χ1n) is 10.0. The molecule has 0 aliphatic carbocycles. The van der Waals surface area contributed by atoms with Crippen LogP contribution in [0.25, 0.3) is 0 Å². The zero-order chi connectivity index (χ0) is 21.2. The number of rotatable bonds is 7. The van der Waals surface area contributed by atoms with E-state index in [1.54, 1.807) is 21.0 Å². The van der Waals surface area contributed by atoms with E-state index in [1.165, 1.54) is 7.11 Å². The number of carbonyl (C=O) groups excluding carboxylic acids is 3. The van der Waals surface area contributed by atoms with E-state index < -0.39 is 23.4 Å². The second kappa shape index (κ2) is 8.53. The number of hydrogen-bond acceptors (Lipinski definition) is 7. The predicted octanol–water partition coefficient (Wildman–Crippen LogP) is 2.50. The van der Waals surface area contributed by atoms with Crippen molar-refractivity contribution < 1.29 is 28.6 Å². The van der Waals surface area contributed by atoms with Crippen LogP contribution in [0, 0.1) is 5.41 Å². The van der Waals surface area contributed by atoms with Gasteiger partial charge in [-0.05, 0) is 44.4 Å². The Bertz CT molecular complexity index is 791. The van der Waals surface area contributed by atoms with E-state index >= 15 is 0 Å². The van der Waals surface area contributed by atoms with E-state index in [1.807, 2.05) is 24.3 Å². The lowest BCUT2D eigenvalue weighted by molar-refractivity contribution is -0.174. The first-order chi connectivity index (χ1) is 13.8. The molecule has 0 spiro atoms. The largest absolute Gasteiger partial charge is 0.497 e. The molecule has 7 heteroatoms. The van der Waals surface area contributed by atoms with E-state index in [9.17, 15) is 14.4 Å². The first-order valence-corrected chi connectivity index (χ1v) is 10.0. The average Bonchev–Trinajstić information content (AvgIpc) is 3.00. The monoisotopic (exact) mass is 403 g/mol. The van der Waals surface area contributed by atoms with Crippen molar-refractivity contribution in [2.75, 3.05) is 14.2 Å². The number of hydrogen-bond donors (Lipinski definition) is 0. The summed E-state index contributed by atoms with van der Waals surface area (Å²) in [4.78, 5) is 40.7. The van der Waals surface area contributed by atoms with Gasteiger partial charge >= 0.3 is 11.9 Å². The molecule has 2 fully saturated rings. The number of ketones is 1. The molecule has 0 aromatic heterocycles. The van der Waals surface area contributed by atoms with Crippen molar-refractivity contribution in [3.05, 3.63) is 29.8 Å². The van der Waals surface area contributed by atoms with Gasteiger partial charge < -0.3 is 14.2 Å². The standard InChI is InChI=1S/C22H29NO6/c1-14(2)29-20(25)12-22(21(26)28-4)18-9-8-16(11-19(22)24)23(18)13-15-6-5-7-17(10-15)27-3/h5-7,10,14,16,18H,8-9,11-13H2,1-4H3/t16-,18-,22-/m1/s1. The maximum Gasteiger partial charge on any atom is 0.321 e. The van der Waals surface area contributed by atoms with Crippen LogP contribution in [-0.4, -0.2) is 55.0 Å². The maximum absolute atomic E-state index is 13.1. The molecule has 158 valence electrons. The lowest BCUT2D eigenvalue weighted by atomic mass is 9.70. The molecule has 2 aliphatic rings. The summed E-state index contributed by atoms with van der Waals surface area (Å²) in [5, 5.41) is 0. The molecule has 29 heavy (non-hydrogen) atoms. The number of piperidine rings is 1. The van der Waals surface area contributed by atoms with Gasteiger partial charge in [0.15, 0.2) is 11.2 Å². The van der Waals surface area contributed by atoms with Gasteiger partial charge in [-0.1, -0.05) is 12.1 Å². The molecule has 2 bridgehead atoms. The fraction of sp³-hybridized carbons (Fsp3) is 0.591. The van der Waals surface area contributed by atoms with Gasteiger partial charge in [0.2, 0.25) is 0 Å². The Morgan fingerprint density at radius 3 is 2.66 bits per heavy atom. The normalized spacial score (nSPS) is 26.4. The van der Waals surface area contributed by atoms with Gasteiger partial charge in [0, 0.05) is 25.0 Å². The number of methoxy groups -OCH3 is 2. The summed E-state index contributed by atoms with van der Waals surface area (Å²) in [6.07, 6.45) is 1.08. The third-order valence-corrected chi connectivity index (χ3v) is 5.97. The van der Waals surface area contributed by atoms with Crippen molar-refractivity contribution in [1.29, 1.82) is 0 Å². The Morgan fingerprint density at radius 2 is 2.00 bits per heavy atom. The third kappa shape index (κ3) is 4.01. The fourth-order valence-corrected chi connectivity index (χ4v) is 4.74. The van der Waals surface area contributed by atoms with Gasteiger partial charge in [0.1, 0.15) is 5.75 Å². The minimum Gasteiger partial charge on any atom is -0.497 e. The predicted molar refractivity (Wildman–Crippen MR) is 105 cm³/mol. The van der Waals surface area contributed by atoms with Crippen LogP contribution in [0.3, 0.4) is 0 Å².